The predicted octanol–water partition coefficient (Wildman–Crippen LogP) is 2.92. The number of hydrogen-bond acceptors (Lipinski definition) is 9. The minimum Gasteiger partial charge on any atom is -0.367 e. The summed E-state index contributed by atoms with van der Waals surface area (Å²) in [5, 5.41) is 6.89. The molecule has 0 saturated carbocycles. The number of carbonyl (C=O) groups excluding carboxylic acids is 1. The van der Waals surface area contributed by atoms with Crippen LogP contribution < -0.4 is 21.5 Å². The van der Waals surface area contributed by atoms with Gasteiger partial charge < -0.3 is 20.1 Å². The summed E-state index contributed by atoms with van der Waals surface area (Å²) >= 11 is 0.603. The lowest BCUT2D eigenvalue weighted by Gasteiger charge is -2.40. The summed E-state index contributed by atoms with van der Waals surface area (Å²) < 4.78 is 24.6. The third kappa shape index (κ3) is 4.34. The Morgan fingerprint density at radius 3 is 2.67 bits per heavy atom. The first-order valence-corrected chi connectivity index (χ1v) is 12.4. The lowest BCUT2D eigenvalue weighted by molar-refractivity contribution is -0.134. The van der Waals surface area contributed by atoms with Gasteiger partial charge in [-0.25, -0.2) is 14.8 Å². The monoisotopic (exact) mass is 475 g/mol. The van der Waals surface area contributed by atoms with Crippen molar-refractivity contribution in [2.45, 2.75) is 81.5 Å². The first-order valence-electron chi connectivity index (χ1n) is 11.5. The van der Waals surface area contributed by atoms with Crippen molar-refractivity contribution in [2.24, 2.45) is 0 Å². The van der Waals surface area contributed by atoms with Gasteiger partial charge in [0.05, 0.1) is 6.17 Å². The molecule has 2 aromatic rings. The van der Waals surface area contributed by atoms with E-state index in [2.05, 4.69) is 38.4 Å². The lowest BCUT2D eigenvalue weighted by Crippen LogP contribution is -2.51. The molecule has 3 fully saturated rings. The van der Waals surface area contributed by atoms with Crippen molar-refractivity contribution < 1.29 is 13.7 Å². The van der Waals surface area contributed by atoms with Gasteiger partial charge in [-0.05, 0) is 58.1 Å². The van der Waals surface area contributed by atoms with Crippen LogP contribution in [-0.4, -0.2) is 60.9 Å². The maximum absolute atomic E-state index is 15.2. The molecule has 3 aliphatic heterocycles. The fourth-order valence-electron chi connectivity index (χ4n) is 5.39. The van der Waals surface area contributed by atoms with Gasteiger partial charge in [0, 0.05) is 47.8 Å². The highest BCUT2D eigenvalue weighted by Gasteiger charge is 2.44. The van der Waals surface area contributed by atoms with E-state index >= 15 is 4.39 Å². The number of nitrogens with one attached hydrogen (secondary N) is 4. The number of anilines is 2. The number of nitrogens with zero attached hydrogens (tertiary/aromatic N) is 3. The van der Waals surface area contributed by atoms with Crippen molar-refractivity contribution in [3.05, 3.63) is 24.1 Å². The second-order valence-electron chi connectivity index (χ2n) is 9.34. The van der Waals surface area contributed by atoms with Gasteiger partial charge >= 0.3 is 0 Å². The van der Waals surface area contributed by atoms with Crippen LogP contribution in [0, 0.1) is 5.82 Å². The third-order valence-corrected chi connectivity index (χ3v) is 7.46. The molecule has 4 unspecified atom stereocenters. The van der Waals surface area contributed by atoms with Crippen LogP contribution in [0.2, 0.25) is 0 Å². The molecule has 0 spiro atoms. The summed E-state index contributed by atoms with van der Waals surface area (Å²) in [6.45, 7) is 3.79. The summed E-state index contributed by atoms with van der Waals surface area (Å²) in [6.07, 6.45) is 5.75. The Bertz CT molecular complexity index is 1030. The van der Waals surface area contributed by atoms with Gasteiger partial charge in [-0.1, -0.05) is 0 Å². The van der Waals surface area contributed by atoms with E-state index in [9.17, 15) is 9.35 Å². The number of fused-ring (bicyclic) bond motifs is 3. The van der Waals surface area contributed by atoms with Gasteiger partial charge in [0.25, 0.3) is 0 Å². The highest BCUT2D eigenvalue weighted by Crippen LogP contribution is 2.39. The fraction of sp³-hybridized carbons (Fsp3) is 0.591. The molecule has 6 atom stereocenters. The Morgan fingerprint density at radius 1 is 1.24 bits per heavy atom. The average Bonchev–Trinajstić information content (AvgIpc) is 3.35. The average molecular weight is 476 g/mol. The molecular formula is C22H30FN7O2S. The topological polar surface area (TPSA) is 114 Å². The molecule has 0 radical (unpaired) electrons. The fourth-order valence-corrected chi connectivity index (χ4v) is 5.60. The van der Waals surface area contributed by atoms with Gasteiger partial charge in [0.2, 0.25) is 5.91 Å². The normalized spacial score (nSPS) is 29.9. The number of rotatable bonds is 6. The van der Waals surface area contributed by atoms with E-state index in [1.165, 1.54) is 0 Å². The van der Waals surface area contributed by atoms with Crippen LogP contribution in [0.4, 0.5) is 16.0 Å². The Labute approximate surface area is 196 Å². The molecule has 3 aliphatic rings. The number of carbonyl (C=O) groups is 1. The van der Waals surface area contributed by atoms with E-state index in [4.69, 9.17) is 0 Å². The summed E-state index contributed by atoms with van der Waals surface area (Å²) in [5.74, 6) is 0.306. The van der Waals surface area contributed by atoms with E-state index in [1.807, 2.05) is 11.0 Å². The Kier molecular flexibility index (Phi) is 6.30. The second kappa shape index (κ2) is 9.21. The van der Waals surface area contributed by atoms with Crippen molar-refractivity contribution in [3.63, 3.8) is 0 Å². The van der Waals surface area contributed by atoms with Gasteiger partial charge in [-0.15, -0.1) is 0 Å². The number of hydrazine groups is 1. The van der Waals surface area contributed by atoms with Crippen molar-refractivity contribution in [1.29, 1.82) is 0 Å². The van der Waals surface area contributed by atoms with Crippen molar-refractivity contribution in [3.8, 4) is 0 Å². The molecule has 33 heavy (non-hydrogen) atoms. The highest BCUT2D eigenvalue weighted by atomic mass is 32.2. The first kappa shape index (κ1) is 22.6. The Balaban J connectivity index is 1.38. The Hall–Kier alpha value is -2.21. The second-order valence-corrected chi connectivity index (χ2v) is 10.3. The molecule has 5 rings (SSSR count). The zero-order chi connectivity index (χ0) is 23.1. The van der Waals surface area contributed by atoms with Crippen molar-refractivity contribution in [2.75, 3.05) is 10.6 Å². The maximum Gasteiger partial charge on any atom is 0.238 e. The quantitative estimate of drug-likeness (QED) is 0.402. The Morgan fingerprint density at radius 2 is 2.00 bits per heavy atom. The molecule has 1 amide bonds. The molecule has 9 nitrogen and oxygen atoms in total. The molecule has 178 valence electrons. The maximum atomic E-state index is 15.2. The molecule has 0 aliphatic carbocycles. The number of piperidine rings is 1. The van der Waals surface area contributed by atoms with Crippen LogP contribution in [0.1, 0.15) is 46.0 Å². The van der Waals surface area contributed by atoms with E-state index in [0.29, 0.717) is 23.2 Å². The van der Waals surface area contributed by atoms with Crippen molar-refractivity contribution in [1.82, 2.24) is 25.7 Å². The summed E-state index contributed by atoms with van der Waals surface area (Å²) in [5.41, 5.74) is 6.52. The number of halogens is 1. The number of pyridine rings is 2. The zero-order valence-electron chi connectivity index (χ0n) is 18.7. The molecule has 11 heteroatoms. The van der Waals surface area contributed by atoms with Gasteiger partial charge in [-0.3, -0.25) is 15.2 Å². The third-order valence-electron chi connectivity index (χ3n) is 6.94. The molecule has 5 N–H and O–H groups in total. The zero-order valence-corrected chi connectivity index (χ0v) is 19.5. The van der Waals surface area contributed by atoms with E-state index < -0.39 is 11.1 Å². The summed E-state index contributed by atoms with van der Waals surface area (Å²) in [4.78, 5) is 23.6. The minimum absolute atomic E-state index is 0.00129. The van der Waals surface area contributed by atoms with Crippen LogP contribution in [0.3, 0.4) is 0 Å². The summed E-state index contributed by atoms with van der Waals surface area (Å²) in [7, 11) is 0. The molecule has 0 aromatic carbocycles. The van der Waals surface area contributed by atoms with Crippen LogP contribution in [0.25, 0.3) is 10.9 Å². The van der Waals surface area contributed by atoms with Crippen LogP contribution in [0.15, 0.2) is 18.3 Å². The smallest absolute Gasteiger partial charge is 0.238 e. The van der Waals surface area contributed by atoms with E-state index in [1.54, 1.807) is 19.2 Å². The standard InChI is InChI=1S/C22H30FN7O2S/c1-11-8-17(29-28-11)26-21-18(23)19-16(4-3-7-24-19)20(27-21)25-13-9-14-5-6-15(10-13)30(14)22(31)12(2)33-32/h3-4,7,11-15,17,28-29,32H,5-6,8-10H2,1-2H3,(H2,25,26,27)/t11?,12?,13?,14-,15+,17?. The molecule has 3 saturated heterocycles. The largest absolute Gasteiger partial charge is 0.367 e. The lowest BCUT2D eigenvalue weighted by atomic mass is 9.96. The van der Waals surface area contributed by atoms with Gasteiger partial charge in [0.1, 0.15) is 16.6 Å². The van der Waals surface area contributed by atoms with Gasteiger partial charge in [0.15, 0.2) is 11.6 Å². The molecule has 5 heterocycles. The SMILES string of the molecule is CC1CC(Nc2nc(NC3C[C@H]4CC[C@@H](C3)N4C(=O)C(C)SO)c3cccnc3c2F)NN1. The predicted molar refractivity (Wildman–Crippen MR) is 127 cm³/mol. The van der Waals surface area contributed by atoms with E-state index in [-0.39, 0.29) is 47.6 Å². The van der Waals surface area contributed by atoms with Crippen LogP contribution in [0.5, 0.6) is 0 Å². The minimum atomic E-state index is -0.464. The number of hydrogen-bond donors (Lipinski definition) is 5. The highest BCUT2D eigenvalue weighted by molar-refractivity contribution is 7.95. The number of amides is 1. The number of aromatic nitrogens is 2. The molecule has 2 aromatic heterocycles. The van der Waals surface area contributed by atoms with Crippen LogP contribution in [-0.2, 0) is 4.79 Å². The van der Waals surface area contributed by atoms with E-state index in [0.717, 1.165) is 32.1 Å². The summed E-state index contributed by atoms with van der Waals surface area (Å²) in [6, 6.07) is 4.28. The van der Waals surface area contributed by atoms with Crippen molar-refractivity contribution >= 4 is 40.5 Å². The molecular weight excluding hydrogens is 445 g/mol. The van der Waals surface area contributed by atoms with Gasteiger partial charge in [-0.2, -0.15) is 0 Å². The van der Waals surface area contributed by atoms with Crippen LogP contribution >= 0.6 is 12.0 Å². The molecule has 2 bridgehead atoms. The first-order chi connectivity index (χ1) is 15.9.